The molecule has 0 fully saturated rings. The van der Waals surface area contributed by atoms with Crippen molar-refractivity contribution in [2.45, 2.75) is 6.18 Å². The molecule has 0 atom stereocenters. The van der Waals surface area contributed by atoms with Gasteiger partial charge in [-0.2, -0.15) is 13.2 Å². The van der Waals surface area contributed by atoms with Gasteiger partial charge in [-0.25, -0.2) is 9.78 Å². The summed E-state index contributed by atoms with van der Waals surface area (Å²) in [5.41, 5.74) is 9.86. The van der Waals surface area contributed by atoms with Crippen LogP contribution in [0.2, 0.25) is 0 Å². The number of hydrogen-bond acceptors (Lipinski definition) is 6. The van der Waals surface area contributed by atoms with Crippen molar-refractivity contribution in [3.8, 4) is 22.5 Å². The molecule has 0 aliphatic heterocycles. The maximum absolute atomic E-state index is 10.6. The first-order valence-electron chi connectivity index (χ1n) is 9.07. The smallest absolute Gasteiger partial charge is 0.475 e. The van der Waals surface area contributed by atoms with Crippen LogP contribution in [-0.4, -0.2) is 31.8 Å². The number of fused-ring (bicyclic) bond motifs is 2. The summed E-state index contributed by atoms with van der Waals surface area (Å²) in [6.07, 6.45) is 4.47. The molecule has 7 nitrogen and oxygen atoms in total. The van der Waals surface area contributed by atoms with E-state index in [0.717, 1.165) is 37.9 Å². The van der Waals surface area contributed by atoms with Gasteiger partial charge in [0.2, 0.25) is 0 Å². The lowest BCUT2D eigenvalue weighted by molar-refractivity contribution is -0.192. The van der Waals surface area contributed by atoms with Gasteiger partial charge in [-0.1, -0.05) is 0 Å². The Morgan fingerprint density at radius 3 is 2.62 bits per heavy atom. The van der Waals surface area contributed by atoms with Gasteiger partial charge in [0, 0.05) is 70.9 Å². The van der Waals surface area contributed by atoms with Gasteiger partial charge in [0.25, 0.3) is 0 Å². The molecular weight excluding hydrogens is 445 g/mol. The van der Waals surface area contributed by atoms with Crippen LogP contribution in [0, 0.1) is 0 Å². The highest BCUT2D eigenvalue weighted by atomic mass is 32.1. The molecule has 0 aromatic carbocycles. The van der Waals surface area contributed by atoms with E-state index in [2.05, 4.69) is 33.7 Å². The number of nitrogens with zero attached hydrogens (tertiary/aromatic N) is 3. The molecule has 0 saturated carbocycles. The van der Waals surface area contributed by atoms with E-state index in [0.29, 0.717) is 11.4 Å². The van der Waals surface area contributed by atoms with Gasteiger partial charge in [-0.05, 0) is 18.2 Å². The predicted molar refractivity (Wildman–Crippen MR) is 115 cm³/mol. The molecule has 0 aliphatic carbocycles. The second kappa shape index (κ2) is 8.00. The van der Waals surface area contributed by atoms with E-state index in [1.54, 1.807) is 17.5 Å². The number of carboxylic acid groups (broad SMARTS) is 1. The monoisotopic (exact) mass is 460 g/mol. The number of aryl methyl sites for hydroxylation is 1. The van der Waals surface area contributed by atoms with Crippen LogP contribution in [0.25, 0.3) is 43.5 Å². The number of aromatic nitrogens is 3. The average molecular weight is 460 g/mol. The van der Waals surface area contributed by atoms with E-state index in [1.807, 2.05) is 36.3 Å². The summed E-state index contributed by atoms with van der Waals surface area (Å²) in [4.78, 5) is 17.4. The molecule has 5 aromatic rings. The first kappa shape index (κ1) is 21.4. The summed E-state index contributed by atoms with van der Waals surface area (Å²) in [6.45, 7) is 0. The molecular formula is C21H15F3N4O3S. The molecule has 3 N–H and O–H groups in total. The van der Waals surface area contributed by atoms with Gasteiger partial charge >= 0.3 is 12.1 Å². The van der Waals surface area contributed by atoms with Crippen LogP contribution in [0.1, 0.15) is 0 Å². The fraction of sp³-hybridized carbons (Fsp3) is 0.0952. The standard InChI is InChI=1S/C19H14N4OS.C2HF3O2/c1-23-5-3-11(9-23)14-7-22-19(20)18-13(14)6-16(24-18)15-10-25-17-8-21-4-2-12(15)17;3-2(4,5)1(6)7/h2-10H,1H3,(H2,20,22);(H,6,7). The zero-order valence-corrected chi connectivity index (χ0v) is 17.2. The Hall–Kier alpha value is -3.86. The number of alkyl halides is 3. The molecule has 0 bridgehead atoms. The molecule has 11 heteroatoms. The summed E-state index contributed by atoms with van der Waals surface area (Å²) in [5, 5.41) is 11.3. The lowest BCUT2D eigenvalue weighted by Gasteiger charge is -2.01. The van der Waals surface area contributed by atoms with Crippen LogP contribution in [0.5, 0.6) is 0 Å². The van der Waals surface area contributed by atoms with Gasteiger partial charge in [0.1, 0.15) is 5.76 Å². The van der Waals surface area contributed by atoms with Crippen molar-refractivity contribution < 1.29 is 27.5 Å². The van der Waals surface area contributed by atoms with Crippen LogP contribution < -0.4 is 5.73 Å². The minimum atomic E-state index is -5.08. The molecule has 5 aromatic heterocycles. The van der Waals surface area contributed by atoms with Crippen molar-refractivity contribution in [3.63, 3.8) is 0 Å². The van der Waals surface area contributed by atoms with E-state index in [9.17, 15) is 13.2 Å². The van der Waals surface area contributed by atoms with Gasteiger partial charge < -0.3 is 19.8 Å². The van der Waals surface area contributed by atoms with Gasteiger partial charge in [-0.3, -0.25) is 4.98 Å². The third kappa shape index (κ3) is 4.02. The van der Waals surface area contributed by atoms with Crippen molar-refractivity contribution in [1.82, 2.24) is 14.5 Å². The minimum absolute atomic E-state index is 0.405. The maximum Gasteiger partial charge on any atom is 0.490 e. The summed E-state index contributed by atoms with van der Waals surface area (Å²) < 4.78 is 41.0. The third-order valence-corrected chi connectivity index (χ3v) is 5.55. The molecule has 0 unspecified atom stereocenters. The Bertz CT molecular complexity index is 1440. The number of nitrogen functional groups attached to an aromatic ring is 1. The number of halogens is 3. The van der Waals surface area contributed by atoms with E-state index in [-0.39, 0.29) is 0 Å². The van der Waals surface area contributed by atoms with Gasteiger partial charge in [0.15, 0.2) is 11.4 Å². The van der Waals surface area contributed by atoms with Crippen molar-refractivity contribution in [2.24, 2.45) is 7.05 Å². The van der Waals surface area contributed by atoms with Crippen molar-refractivity contribution in [2.75, 3.05) is 5.73 Å². The molecule has 0 saturated heterocycles. The van der Waals surface area contributed by atoms with Crippen LogP contribution in [0.3, 0.4) is 0 Å². The first-order valence-corrected chi connectivity index (χ1v) is 9.95. The lowest BCUT2D eigenvalue weighted by Crippen LogP contribution is -2.21. The molecule has 0 amide bonds. The number of hydrogen-bond donors (Lipinski definition) is 2. The topological polar surface area (TPSA) is 107 Å². The normalized spacial score (nSPS) is 11.5. The number of thiophene rings is 1. The molecule has 0 aliphatic rings. The number of carbonyl (C=O) groups is 1. The highest BCUT2D eigenvalue weighted by Crippen LogP contribution is 2.40. The summed E-state index contributed by atoms with van der Waals surface area (Å²) in [7, 11) is 2.00. The van der Waals surface area contributed by atoms with E-state index >= 15 is 0 Å². The van der Waals surface area contributed by atoms with Crippen LogP contribution in [0.4, 0.5) is 19.0 Å². The lowest BCUT2D eigenvalue weighted by atomic mass is 10.1. The van der Waals surface area contributed by atoms with Crippen molar-refractivity contribution >= 4 is 44.2 Å². The Kier molecular flexibility index (Phi) is 5.35. The number of aliphatic carboxylic acids is 1. The van der Waals surface area contributed by atoms with E-state index in [4.69, 9.17) is 20.1 Å². The largest absolute Gasteiger partial charge is 0.490 e. The number of furan rings is 1. The molecule has 164 valence electrons. The highest BCUT2D eigenvalue weighted by molar-refractivity contribution is 7.17. The zero-order valence-electron chi connectivity index (χ0n) is 16.4. The number of anilines is 1. The Morgan fingerprint density at radius 1 is 1.22 bits per heavy atom. The Morgan fingerprint density at radius 2 is 1.97 bits per heavy atom. The number of carboxylic acids is 1. The fourth-order valence-corrected chi connectivity index (χ4v) is 4.06. The quantitative estimate of drug-likeness (QED) is 0.369. The van der Waals surface area contributed by atoms with Gasteiger partial charge in [-0.15, -0.1) is 11.3 Å². The Labute approximate surface area is 182 Å². The van der Waals surface area contributed by atoms with E-state index in [1.165, 1.54) is 0 Å². The molecule has 32 heavy (non-hydrogen) atoms. The number of nitrogens with two attached hydrogens (primary N) is 1. The molecule has 0 radical (unpaired) electrons. The van der Waals surface area contributed by atoms with Crippen LogP contribution >= 0.6 is 11.3 Å². The predicted octanol–water partition coefficient (Wildman–Crippen LogP) is 5.33. The van der Waals surface area contributed by atoms with Crippen LogP contribution in [-0.2, 0) is 11.8 Å². The molecule has 0 spiro atoms. The van der Waals surface area contributed by atoms with Crippen molar-refractivity contribution in [1.29, 1.82) is 0 Å². The molecule has 5 rings (SSSR count). The van der Waals surface area contributed by atoms with Crippen LogP contribution in [0.15, 0.2) is 59.0 Å². The van der Waals surface area contributed by atoms with Crippen molar-refractivity contribution in [3.05, 3.63) is 54.6 Å². The Balaban J connectivity index is 0.000000307. The first-order chi connectivity index (χ1) is 15.1. The molecule has 5 heterocycles. The summed E-state index contributed by atoms with van der Waals surface area (Å²) in [5.74, 6) is -1.56. The number of rotatable bonds is 2. The van der Waals surface area contributed by atoms with E-state index < -0.39 is 12.1 Å². The number of pyridine rings is 2. The third-order valence-electron chi connectivity index (χ3n) is 4.62. The summed E-state index contributed by atoms with van der Waals surface area (Å²) >= 11 is 1.65. The maximum atomic E-state index is 10.6. The minimum Gasteiger partial charge on any atom is -0.475 e. The second-order valence-electron chi connectivity index (χ2n) is 6.80. The average Bonchev–Trinajstić information content (AvgIpc) is 3.46. The fourth-order valence-electron chi connectivity index (χ4n) is 3.14. The highest BCUT2D eigenvalue weighted by Gasteiger charge is 2.38. The second-order valence-corrected chi connectivity index (χ2v) is 7.71. The summed E-state index contributed by atoms with van der Waals surface area (Å²) in [6, 6.07) is 6.12. The van der Waals surface area contributed by atoms with Gasteiger partial charge in [0.05, 0.1) is 4.70 Å². The SMILES string of the molecule is Cn1ccc(-c2cnc(N)c3oc(-c4csc5cnccc45)cc23)c1.O=C(O)C(F)(F)F. The zero-order chi connectivity index (χ0) is 23.0.